The molecule has 0 N–H and O–H groups in total. The van der Waals surface area contributed by atoms with Crippen molar-refractivity contribution in [2.24, 2.45) is 4.99 Å². The number of amides is 1. The maximum atomic E-state index is 14.1. The van der Waals surface area contributed by atoms with Crippen LogP contribution in [0.2, 0.25) is 0 Å². The van der Waals surface area contributed by atoms with Crippen LogP contribution in [-0.4, -0.2) is 52.6 Å². The molecule has 3 aromatic carbocycles. The van der Waals surface area contributed by atoms with Crippen molar-refractivity contribution < 1.29 is 32.7 Å². The van der Waals surface area contributed by atoms with Gasteiger partial charge in [-0.3, -0.25) is 14.7 Å². The number of ether oxygens (including phenoxy) is 2. The van der Waals surface area contributed by atoms with E-state index in [-0.39, 0.29) is 36.7 Å². The summed E-state index contributed by atoms with van der Waals surface area (Å²) < 4.78 is 36.5. The van der Waals surface area contributed by atoms with Gasteiger partial charge in [0.05, 0.1) is 12.8 Å². The van der Waals surface area contributed by atoms with Crippen LogP contribution >= 0.6 is 19.4 Å². The Morgan fingerprint density at radius 3 is 2.09 bits per heavy atom. The van der Waals surface area contributed by atoms with E-state index in [2.05, 4.69) is 4.99 Å². The van der Waals surface area contributed by atoms with E-state index in [0.29, 0.717) is 10.8 Å². The van der Waals surface area contributed by atoms with Crippen molar-refractivity contribution in [3.8, 4) is 5.75 Å². The van der Waals surface area contributed by atoms with E-state index in [1.807, 2.05) is 91.0 Å². The van der Waals surface area contributed by atoms with Crippen LogP contribution in [0, 0.1) is 0 Å². The number of para-hydroxylation sites is 1. The zero-order valence-corrected chi connectivity index (χ0v) is 25.8. The molecule has 1 fully saturated rings. The van der Waals surface area contributed by atoms with Gasteiger partial charge in [0.2, 0.25) is 0 Å². The van der Waals surface area contributed by atoms with Crippen molar-refractivity contribution in [2.45, 2.75) is 38.3 Å². The van der Waals surface area contributed by atoms with E-state index in [1.165, 1.54) is 23.6 Å². The number of hydrogen-bond acceptors (Lipinski definition) is 9. The number of allylic oxidation sites excluding steroid dienone is 1. The average molecular weight is 621 g/mol. The minimum absolute atomic E-state index is 0.0232. The lowest BCUT2D eigenvalue weighted by molar-refractivity contribution is -0.153. The largest absolute Gasteiger partial charge is 0.487 e. The van der Waals surface area contributed by atoms with Gasteiger partial charge in [-0.1, -0.05) is 97.5 Å². The molecule has 2 aliphatic rings. The van der Waals surface area contributed by atoms with Crippen molar-refractivity contribution in [3.05, 3.63) is 114 Å². The Labute approximate surface area is 255 Å². The Balaban J connectivity index is 1.44. The molecule has 1 saturated heterocycles. The SMILES string of the molecule is CCOP(=O)(CC)OC(C)=C(C(=O)OC(c1ccccc1)c1ccccc1)N1C(=O)C2N=C(COc3ccccc3)SC21. The zero-order chi connectivity index (χ0) is 30.4. The van der Waals surface area contributed by atoms with E-state index in [4.69, 9.17) is 18.5 Å². The zero-order valence-electron chi connectivity index (χ0n) is 24.1. The number of aliphatic imine (C=N–C) groups is 1. The van der Waals surface area contributed by atoms with Crippen molar-refractivity contribution in [2.75, 3.05) is 19.4 Å². The maximum absolute atomic E-state index is 14.1. The molecule has 224 valence electrons. The van der Waals surface area contributed by atoms with E-state index >= 15 is 0 Å². The van der Waals surface area contributed by atoms with Gasteiger partial charge in [-0.05, 0) is 37.1 Å². The van der Waals surface area contributed by atoms with Crippen LogP contribution in [0.15, 0.2) is 107 Å². The maximum Gasteiger partial charge on any atom is 0.378 e. The second kappa shape index (κ2) is 13.6. The Morgan fingerprint density at radius 1 is 0.953 bits per heavy atom. The van der Waals surface area contributed by atoms with Gasteiger partial charge < -0.3 is 18.5 Å². The molecule has 43 heavy (non-hydrogen) atoms. The number of benzene rings is 3. The summed E-state index contributed by atoms with van der Waals surface area (Å²) >= 11 is 1.33. The first-order chi connectivity index (χ1) is 20.8. The molecule has 3 unspecified atom stereocenters. The van der Waals surface area contributed by atoms with E-state index in [0.717, 1.165) is 11.1 Å². The van der Waals surface area contributed by atoms with Crippen molar-refractivity contribution >= 4 is 36.3 Å². The Bertz CT molecular complexity index is 1510. The van der Waals surface area contributed by atoms with Crippen LogP contribution in [-0.2, 0) is 27.9 Å². The molecule has 0 spiro atoms. The van der Waals surface area contributed by atoms with E-state index < -0.39 is 31.1 Å². The van der Waals surface area contributed by atoms with E-state index in [9.17, 15) is 14.2 Å². The summed E-state index contributed by atoms with van der Waals surface area (Å²) in [6.07, 6.45) is -0.687. The number of carbonyl (C=O) groups excluding carboxylic acids is 2. The van der Waals surface area contributed by atoms with Gasteiger partial charge in [-0.2, -0.15) is 0 Å². The number of esters is 1. The molecule has 0 aromatic heterocycles. The molecule has 9 nitrogen and oxygen atoms in total. The number of likely N-dealkylation sites (tertiary alicyclic amines) is 1. The highest BCUT2D eigenvalue weighted by Gasteiger charge is 2.56. The standard InChI is InChI=1S/C32H33N2O7PS/c1-4-39-42(37,5-2)41-22(3)28(32(36)40-29(23-15-9-6-10-16-23)24-17-11-7-12-18-24)34-30(35)27-31(34)43-26(33-27)21-38-25-19-13-8-14-20-25/h6-20,27,29,31H,4-5,21H2,1-3H3. The molecule has 0 aliphatic carbocycles. The normalized spacial score (nSPS) is 19.5. The lowest BCUT2D eigenvalue weighted by atomic mass is 10.0. The number of thioether (sulfide) groups is 1. The molecule has 11 heteroatoms. The van der Waals surface area contributed by atoms with Gasteiger partial charge in [-0.15, -0.1) is 0 Å². The summed E-state index contributed by atoms with van der Waals surface area (Å²) in [7, 11) is -3.59. The third-order valence-corrected chi connectivity index (χ3v) is 10.0. The predicted octanol–water partition coefficient (Wildman–Crippen LogP) is 6.58. The summed E-state index contributed by atoms with van der Waals surface area (Å²) in [6, 6.07) is 27.3. The second-order valence-corrected chi connectivity index (χ2v) is 13.2. The molecule has 0 saturated carbocycles. The third kappa shape index (κ3) is 6.88. The van der Waals surface area contributed by atoms with Crippen LogP contribution in [0.5, 0.6) is 5.75 Å². The van der Waals surface area contributed by atoms with Crippen LogP contribution in [0.4, 0.5) is 0 Å². The Morgan fingerprint density at radius 2 is 1.53 bits per heavy atom. The predicted molar refractivity (Wildman–Crippen MR) is 166 cm³/mol. The molecule has 2 heterocycles. The van der Waals surface area contributed by atoms with Gasteiger partial charge in [0, 0.05) is 0 Å². The highest BCUT2D eigenvalue weighted by molar-refractivity contribution is 8.15. The molecule has 2 aliphatic heterocycles. The fourth-order valence-corrected chi connectivity index (χ4v) is 7.23. The topological polar surface area (TPSA) is 104 Å². The molecule has 3 atom stereocenters. The number of nitrogens with zero attached hydrogens (tertiary/aromatic N) is 2. The molecule has 0 bridgehead atoms. The van der Waals surface area contributed by atoms with E-state index in [1.54, 1.807) is 13.8 Å². The summed E-state index contributed by atoms with van der Waals surface area (Å²) in [5.41, 5.74) is 1.37. The molecular weight excluding hydrogens is 587 g/mol. The van der Waals surface area contributed by atoms with Crippen LogP contribution in [0.3, 0.4) is 0 Å². The minimum Gasteiger partial charge on any atom is -0.487 e. The van der Waals surface area contributed by atoms with Gasteiger partial charge >= 0.3 is 13.6 Å². The van der Waals surface area contributed by atoms with Gasteiger partial charge in [0.15, 0.2) is 17.8 Å². The number of β-lactam (4-membered cyclic amide) rings is 1. The number of rotatable bonds is 13. The van der Waals surface area contributed by atoms with Gasteiger partial charge in [0.1, 0.15) is 28.5 Å². The first kappa shape index (κ1) is 30.6. The van der Waals surface area contributed by atoms with Crippen molar-refractivity contribution in [3.63, 3.8) is 0 Å². The second-order valence-electron chi connectivity index (χ2n) is 9.73. The van der Waals surface area contributed by atoms with Gasteiger partial charge in [-0.25, -0.2) is 9.36 Å². The minimum atomic E-state index is -3.59. The lowest BCUT2D eigenvalue weighted by Gasteiger charge is -2.42. The fraction of sp³-hybridized carbons (Fsp3) is 0.281. The number of hydrogen-bond donors (Lipinski definition) is 0. The lowest BCUT2D eigenvalue weighted by Crippen LogP contribution is -2.61. The van der Waals surface area contributed by atoms with Gasteiger partial charge in [0.25, 0.3) is 5.91 Å². The summed E-state index contributed by atoms with van der Waals surface area (Å²) in [5, 5.41) is 0.115. The number of carbonyl (C=O) groups is 2. The monoisotopic (exact) mass is 620 g/mol. The van der Waals surface area contributed by atoms with Crippen LogP contribution < -0.4 is 4.74 Å². The third-order valence-electron chi connectivity index (χ3n) is 6.85. The quantitative estimate of drug-likeness (QED) is 0.0695. The van der Waals surface area contributed by atoms with Crippen LogP contribution in [0.1, 0.15) is 38.0 Å². The first-order valence-electron chi connectivity index (χ1n) is 14.0. The molecule has 5 rings (SSSR count). The summed E-state index contributed by atoms with van der Waals surface area (Å²) in [6.45, 7) is 5.22. The molecule has 0 radical (unpaired) electrons. The molecular formula is C32H33N2O7PS. The van der Waals surface area contributed by atoms with Crippen molar-refractivity contribution in [1.29, 1.82) is 0 Å². The highest BCUT2D eigenvalue weighted by atomic mass is 32.2. The van der Waals surface area contributed by atoms with Crippen molar-refractivity contribution in [1.82, 2.24) is 4.90 Å². The Kier molecular flexibility index (Phi) is 9.70. The highest BCUT2D eigenvalue weighted by Crippen LogP contribution is 2.51. The average Bonchev–Trinajstić information content (AvgIpc) is 3.41. The smallest absolute Gasteiger partial charge is 0.378 e. The fourth-order valence-electron chi connectivity index (χ4n) is 4.77. The summed E-state index contributed by atoms with van der Waals surface area (Å²) in [5.74, 6) is -0.526. The molecule has 3 aromatic rings. The molecule has 1 amide bonds. The number of fused-ring (bicyclic) bond motifs is 1. The Hall–Kier alpha value is -3.85. The summed E-state index contributed by atoms with van der Waals surface area (Å²) in [4.78, 5) is 33.4. The first-order valence-corrected chi connectivity index (χ1v) is 16.6. The van der Waals surface area contributed by atoms with Crippen LogP contribution in [0.25, 0.3) is 0 Å².